The molecule has 0 radical (unpaired) electrons. The second-order valence-corrected chi connectivity index (χ2v) is 4.04. The molecular weight excluding hydrogens is 236 g/mol. The van der Waals surface area contributed by atoms with Gasteiger partial charge in [0, 0.05) is 5.69 Å². The van der Waals surface area contributed by atoms with E-state index in [2.05, 4.69) is 10.3 Å². The van der Waals surface area contributed by atoms with Crippen LogP contribution in [-0.2, 0) is 4.79 Å². The lowest BCUT2D eigenvalue weighted by Gasteiger charge is -2.13. The zero-order valence-corrected chi connectivity index (χ0v) is 10.3. The number of nitrogens with one attached hydrogen (secondary N) is 2. The molecule has 6 nitrogen and oxygen atoms in total. The maximum Gasteiger partial charge on any atom is 0.326 e. The summed E-state index contributed by atoms with van der Waals surface area (Å²) in [6.07, 6.45) is 0.951. The van der Waals surface area contributed by atoms with E-state index < -0.39 is 23.5 Å². The predicted octanol–water partition coefficient (Wildman–Crippen LogP) is 0.666. The first-order valence-electron chi connectivity index (χ1n) is 5.69. The van der Waals surface area contributed by atoms with E-state index in [0.717, 1.165) is 0 Å². The van der Waals surface area contributed by atoms with Gasteiger partial charge in [-0.05, 0) is 25.5 Å². The number of hydrogen-bond donors (Lipinski definition) is 3. The number of aromatic amines is 1. The van der Waals surface area contributed by atoms with E-state index in [0.29, 0.717) is 18.5 Å². The number of pyridine rings is 1. The maximum atomic E-state index is 11.8. The zero-order chi connectivity index (χ0) is 13.7. The minimum Gasteiger partial charge on any atom is -0.480 e. The van der Waals surface area contributed by atoms with Crippen LogP contribution in [-0.4, -0.2) is 28.0 Å². The maximum absolute atomic E-state index is 11.8. The summed E-state index contributed by atoms with van der Waals surface area (Å²) in [5, 5.41) is 11.2. The van der Waals surface area contributed by atoms with Crippen molar-refractivity contribution in [1.82, 2.24) is 10.3 Å². The van der Waals surface area contributed by atoms with Gasteiger partial charge in [-0.1, -0.05) is 13.3 Å². The summed E-state index contributed by atoms with van der Waals surface area (Å²) in [6, 6.07) is 2.00. The van der Waals surface area contributed by atoms with Gasteiger partial charge in [0.25, 0.3) is 11.5 Å². The van der Waals surface area contributed by atoms with Crippen LogP contribution in [0, 0.1) is 6.92 Å². The van der Waals surface area contributed by atoms with E-state index >= 15 is 0 Å². The Morgan fingerprint density at radius 2 is 2.11 bits per heavy atom. The SMILES string of the molecule is CCC[C@H](NC(=O)c1ccc(C)[nH]c1=O)C(=O)O. The van der Waals surface area contributed by atoms with E-state index in [4.69, 9.17) is 5.11 Å². The second-order valence-electron chi connectivity index (χ2n) is 4.04. The molecule has 0 fully saturated rings. The van der Waals surface area contributed by atoms with Crippen LogP contribution in [0.3, 0.4) is 0 Å². The van der Waals surface area contributed by atoms with Gasteiger partial charge >= 0.3 is 5.97 Å². The third kappa shape index (κ3) is 3.44. The first-order chi connectivity index (χ1) is 8.45. The molecule has 0 saturated carbocycles. The monoisotopic (exact) mass is 252 g/mol. The van der Waals surface area contributed by atoms with Gasteiger partial charge in [-0.3, -0.25) is 9.59 Å². The van der Waals surface area contributed by atoms with Crippen LogP contribution in [0.15, 0.2) is 16.9 Å². The van der Waals surface area contributed by atoms with E-state index in [-0.39, 0.29) is 5.56 Å². The molecule has 1 aromatic rings. The summed E-state index contributed by atoms with van der Waals surface area (Å²) in [4.78, 5) is 36.7. The third-order valence-corrected chi connectivity index (χ3v) is 2.48. The smallest absolute Gasteiger partial charge is 0.326 e. The van der Waals surface area contributed by atoms with Crippen LogP contribution in [0.1, 0.15) is 35.8 Å². The molecule has 6 heteroatoms. The fraction of sp³-hybridized carbons (Fsp3) is 0.417. The van der Waals surface area contributed by atoms with Gasteiger partial charge in [0.1, 0.15) is 11.6 Å². The van der Waals surface area contributed by atoms with Crippen LogP contribution in [0.5, 0.6) is 0 Å². The molecule has 98 valence electrons. The quantitative estimate of drug-likeness (QED) is 0.717. The first-order valence-corrected chi connectivity index (χ1v) is 5.69. The highest BCUT2D eigenvalue weighted by atomic mass is 16.4. The molecule has 3 N–H and O–H groups in total. The number of carboxylic acids is 1. The standard InChI is InChI=1S/C12H16N2O4/c1-3-4-9(12(17)18)14-11(16)8-6-5-7(2)13-10(8)15/h5-6,9H,3-4H2,1-2H3,(H,13,15)(H,14,16)(H,17,18)/t9-/m0/s1. The van der Waals surface area contributed by atoms with E-state index in [1.807, 2.05) is 6.92 Å². The van der Waals surface area contributed by atoms with Crippen molar-refractivity contribution in [2.45, 2.75) is 32.7 Å². The molecule has 0 aliphatic heterocycles. The van der Waals surface area contributed by atoms with Gasteiger partial charge in [-0.2, -0.15) is 0 Å². The molecule has 1 aromatic heterocycles. The molecule has 0 unspecified atom stereocenters. The van der Waals surface area contributed by atoms with Gasteiger partial charge < -0.3 is 15.4 Å². The van der Waals surface area contributed by atoms with Crippen LogP contribution in [0.25, 0.3) is 0 Å². The predicted molar refractivity (Wildman–Crippen MR) is 65.6 cm³/mol. The Morgan fingerprint density at radius 3 is 2.61 bits per heavy atom. The Hall–Kier alpha value is -2.11. The van der Waals surface area contributed by atoms with Gasteiger partial charge in [0.05, 0.1) is 0 Å². The number of H-pyrrole nitrogens is 1. The Morgan fingerprint density at radius 1 is 1.44 bits per heavy atom. The first kappa shape index (κ1) is 14.0. The number of carbonyl (C=O) groups is 2. The Balaban J connectivity index is 2.87. The number of aliphatic carboxylic acids is 1. The summed E-state index contributed by atoms with van der Waals surface area (Å²) < 4.78 is 0. The highest BCUT2D eigenvalue weighted by Crippen LogP contribution is 2.00. The van der Waals surface area contributed by atoms with Crippen molar-refractivity contribution in [1.29, 1.82) is 0 Å². The molecule has 0 saturated heterocycles. The van der Waals surface area contributed by atoms with Crippen molar-refractivity contribution in [2.24, 2.45) is 0 Å². The van der Waals surface area contributed by atoms with Gasteiger partial charge in [-0.15, -0.1) is 0 Å². The van der Waals surface area contributed by atoms with Crippen LogP contribution in [0.2, 0.25) is 0 Å². The van der Waals surface area contributed by atoms with Gasteiger partial charge in [0.2, 0.25) is 0 Å². The van der Waals surface area contributed by atoms with Crippen molar-refractivity contribution < 1.29 is 14.7 Å². The number of aryl methyl sites for hydroxylation is 1. The van der Waals surface area contributed by atoms with E-state index in [9.17, 15) is 14.4 Å². The van der Waals surface area contributed by atoms with Gasteiger partial charge in [-0.25, -0.2) is 4.79 Å². The molecule has 0 aliphatic rings. The highest BCUT2D eigenvalue weighted by molar-refractivity contribution is 5.96. The molecular formula is C12H16N2O4. The molecule has 1 atom stereocenters. The summed E-state index contributed by atoms with van der Waals surface area (Å²) in [7, 11) is 0. The van der Waals surface area contributed by atoms with Crippen molar-refractivity contribution in [3.05, 3.63) is 33.7 Å². The average Bonchev–Trinajstić information content (AvgIpc) is 2.27. The largest absolute Gasteiger partial charge is 0.480 e. The van der Waals surface area contributed by atoms with Crippen molar-refractivity contribution >= 4 is 11.9 Å². The Kier molecular flexibility index (Phi) is 4.65. The number of aromatic nitrogens is 1. The summed E-state index contributed by atoms with van der Waals surface area (Å²) in [6.45, 7) is 3.51. The summed E-state index contributed by atoms with van der Waals surface area (Å²) in [5.41, 5.74) is 0.0379. The summed E-state index contributed by atoms with van der Waals surface area (Å²) in [5.74, 6) is -1.77. The second kappa shape index (κ2) is 6.00. The molecule has 0 spiro atoms. The fourth-order valence-corrected chi connectivity index (χ4v) is 1.53. The molecule has 0 bridgehead atoms. The minimum absolute atomic E-state index is 0.0806. The molecule has 1 rings (SSSR count). The number of rotatable bonds is 5. The van der Waals surface area contributed by atoms with Gasteiger partial charge in [0.15, 0.2) is 0 Å². The number of hydrogen-bond acceptors (Lipinski definition) is 3. The van der Waals surface area contributed by atoms with E-state index in [1.165, 1.54) is 6.07 Å². The average molecular weight is 252 g/mol. The van der Waals surface area contributed by atoms with Crippen molar-refractivity contribution in [3.63, 3.8) is 0 Å². The lowest BCUT2D eigenvalue weighted by atomic mass is 10.1. The molecule has 18 heavy (non-hydrogen) atoms. The van der Waals surface area contributed by atoms with Crippen LogP contribution >= 0.6 is 0 Å². The van der Waals surface area contributed by atoms with Crippen molar-refractivity contribution in [3.8, 4) is 0 Å². The Bertz CT molecular complexity index is 507. The third-order valence-electron chi connectivity index (χ3n) is 2.48. The Labute approximate surface area is 104 Å². The number of carboxylic acid groups (broad SMARTS) is 1. The molecule has 1 amide bonds. The normalized spacial score (nSPS) is 11.9. The van der Waals surface area contributed by atoms with Crippen LogP contribution in [0.4, 0.5) is 0 Å². The molecule has 0 aromatic carbocycles. The lowest BCUT2D eigenvalue weighted by Crippen LogP contribution is -2.42. The van der Waals surface area contributed by atoms with E-state index in [1.54, 1.807) is 13.0 Å². The zero-order valence-electron chi connectivity index (χ0n) is 10.3. The lowest BCUT2D eigenvalue weighted by molar-refractivity contribution is -0.139. The topological polar surface area (TPSA) is 99.3 Å². The molecule has 1 heterocycles. The molecule has 0 aliphatic carbocycles. The van der Waals surface area contributed by atoms with Crippen LogP contribution < -0.4 is 10.9 Å². The fourth-order valence-electron chi connectivity index (χ4n) is 1.53. The minimum atomic E-state index is -1.10. The number of carbonyl (C=O) groups excluding carboxylic acids is 1. The number of amides is 1. The van der Waals surface area contributed by atoms with Crippen molar-refractivity contribution in [2.75, 3.05) is 0 Å². The summed E-state index contributed by atoms with van der Waals surface area (Å²) >= 11 is 0. The highest BCUT2D eigenvalue weighted by Gasteiger charge is 2.20.